The van der Waals surface area contributed by atoms with Gasteiger partial charge in [-0.15, -0.1) is 0 Å². The molecule has 2 aromatic carbocycles. The van der Waals surface area contributed by atoms with Crippen molar-refractivity contribution in [1.82, 2.24) is 0 Å². The van der Waals surface area contributed by atoms with Gasteiger partial charge in [0.15, 0.2) is 0 Å². The fourth-order valence-corrected chi connectivity index (χ4v) is 2.14. The average molecular weight is 269 g/mol. The Morgan fingerprint density at radius 2 is 1.95 bits per heavy atom. The fraction of sp³-hybridized carbons (Fsp3) is 0.188. The molecule has 0 atom stereocenters. The zero-order valence-electron chi connectivity index (χ0n) is 11.5. The molecule has 0 unspecified atom stereocenters. The SMILES string of the molecule is Cc1ccccc1CCNc1ccc(N)cc1C(N)=O. The maximum absolute atomic E-state index is 11.4. The molecule has 104 valence electrons. The molecule has 0 aliphatic heterocycles. The summed E-state index contributed by atoms with van der Waals surface area (Å²) >= 11 is 0. The lowest BCUT2D eigenvalue weighted by atomic mass is 10.1. The summed E-state index contributed by atoms with van der Waals surface area (Å²) in [7, 11) is 0. The molecule has 4 nitrogen and oxygen atoms in total. The van der Waals surface area contributed by atoms with Gasteiger partial charge >= 0.3 is 0 Å². The van der Waals surface area contributed by atoms with Crippen LogP contribution in [0.3, 0.4) is 0 Å². The van der Waals surface area contributed by atoms with E-state index in [1.807, 2.05) is 12.1 Å². The van der Waals surface area contributed by atoms with Crippen molar-refractivity contribution < 1.29 is 4.79 Å². The van der Waals surface area contributed by atoms with Crippen molar-refractivity contribution in [2.24, 2.45) is 5.73 Å². The van der Waals surface area contributed by atoms with Crippen LogP contribution in [0.2, 0.25) is 0 Å². The van der Waals surface area contributed by atoms with Gasteiger partial charge in [-0.3, -0.25) is 4.79 Å². The van der Waals surface area contributed by atoms with E-state index in [0.29, 0.717) is 11.3 Å². The number of primary amides is 1. The van der Waals surface area contributed by atoms with Crippen LogP contribution in [0.25, 0.3) is 0 Å². The third-order valence-electron chi connectivity index (χ3n) is 3.28. The highest BCUT2D eigenvalue weighted by Crippen LogP contribution is 2.18. The van der Waals surface area contributed by atoms with Crippen LogP contribution in [0.4, 0.5) is 11.4 Å². The van der Waals surface area contributed by atoms with E-state index in [1.54, 1.807) is 18.2 Å². The number of nitrogen functional groups attached to an aromatic ring is 1. The Bertz CT molecular complexity index is 623. The van der Waals surface area contributed by atoms with Crippen LogP contribution in [0.15, 0.2) is 42.5 Å². The lowest BCUT2D eigenvalue weighted by Gasteiger charge is -2.11. The molecule has 0 fully saturated rings. The summed E-state index contributed by atoms with van der Waals surface area (Å²) in [4.78, 5) is 11.4. The molecule has 0 heterocycles. The van der Waals surface area contributed by atoms with Crippen LogP contribution < -0.4 is 16.8 Å². The van der Waals surface area contributed by atoms with E-state index in [9.17, 15) is 4.79 Å². The van der Waals surface area contributed by atoms with Gasteiger partial charge in [-0.05, 0) is 42.7 Å². The van der Waals surface area contributed by atoms with Crippen molar-refractivity contribution in [3.63, 3.8) is 0 Å². The van der Waals surface area contributed by atoms with E-state index in [-0.39, 0.29) is 0 Å². The van der Waals surface area contributed by atoms with Gasteiger partial charge in [0.25, 0.3) is 5.91 Å². The fourth-order valence-electron chi connectivity index (χ4n) is 2.14. The summed E-state index contributed by atoms with van der Waals surface area (Å²) in [5.41, 5.74) is 15.3. The maximum Gasteiger partial charge on any atom is 0.250 e. The normalized spacial score (nSPS) is 10.2. The van der Waals surface area contributed by atoms with Gasteiger partial charge in [-0.1, -0.05) is 24.3 Å². The molecule has 2 aromatic rings. The Labute approximate surface area is 118 Å². The number of aryl methyl sites for hydroxylation is 1. The average Bonchev–Trinajstić information content (AvgIpc) is 2.42. The van der Waals surface area contributed by atoms with Gasteiger partial charge in [0.05, 0.1) is 5.56 Å². The van der Waals surface area contributed by atoms with Crippen molar-refractivity contribution in [3.8, 4) is 0 Å². The van der Waals surface area contributed by atoms with Crippen molar-refractivity contribution in [3.05, 3.63) is 59.2 Å². The second-order valence-electron chi connectivity index (χ2n) is 4.77. The first-order valence-corrected chi connectivity index (χ1v) is 6.55. The highest BCUT2D eigenvalue weighted by Gasteiger charge is 2.08. The third-order valence-corrected chi connectivity index (χ3v) is 3.28. The molecule has 1 amide bonds. The second-order valence-corrected chi connectivity index (χ2v) is 4.77. The molecule has 4 heteroatoms. The van der Waals surface area contributed by atoms with Crippen molar-refractivity contribution in [2.75, 3.05) is 17.6 Å². The minimum atomic E-state index is -0.476. The molecule has 20 heavy (non-hydrogen) atoms. The first kappa shape index (κ1) is 13.9. The Balaban J connectivity index is 2.05. The first-order valence-electron chi connectivity index (χ1n) is 6.55. The molecular weight excluding hydrogens is 250 g/mol. The van der Waals surface area contributed by atoms with Crippen LogP contribution in [-0.4, -0.2) is 12.5 Å². The standard InChI is InChI=1S/C16H19N3O/c1-11-4-2-3-5-12(11)8-9-19-15-7-6-13(17)10-14(15)16(18)20/h2-7,10,19H,8-9,17H2,1H3,(H2,18,20). The van der Waals surface area contributed by atoms with Gasteiger partial charge < -0.3 is 16.8 Å². The summed E-state index contributed by atoms with van der Waals surface area (Å²) in [5, 5.41) is 3.24. The number of hydrogen-bond acceptors (Lipinski definition) is 3. The maximum atomic E-state index is 11.4. The summed E-state index contributed by atoms with van der Waals surface area (Å²) in [6.45, 7) is 2.82. The molecule has 0 aliphatic carbocycles. The van der Waals surface area contributed by atoms with Crippen molar-refractivity contribution in [2.45, 2.75) is 13.3 Å². The largest absolute Gasteiger partial charge is 0.399 e. The number of benzene rings is 2. The molecular formula is C16H19N3O. The van der Waals surface area contributed by atoms with Crippen LogP contribution in [0, 0.1) is 6.92 Å². The molecule has 0 bridgehead atoms. The van der Waals surface area contributed by atoms with Gasteiger partial charge in [-0.25, -0.2) is 0 Å². The summed E-state index contributed by atoms with van der Waals surface area (Å²) < 4.78 is 0. The monoisotopic (exact) mass is 269 g/mol. The van der Waals surface area contributed by atoms with Gasteiger partial charge in [-0.2, -0.15) is 0 Å². The highest BCUT2D eigenvalue weighted by molar-refractivity contribution is 5.99. The van der Waals surface area contributed by atoms with Gasteiger partial charge in [0, 0.05) is 17.9 Å². The Morgan fingerprint density at radius 1 is 1.20 bits per heavy atom. The van der Waals surface area contributed by atoms with Crippen LogP contribution in [0.1, 0.15) is 21.5 Å². The van der Waals surface area contributed by atoms with Gasteiger partial charge in [0.2, 0.25) is 0 Å². The van der Waals surface area contributed by atoms with E-state index < -0.39 is 5.91 Å². The van der Waals surface area contributed by atoms with E-state index in [0.717, 1.165) is 18.7 Å². The van der Waals surface area contributed by atoms with Crippen LogP contribution >= 0.6 is 0 Å². The number of carbonyl (C=O) groups is 1. The number of hydrogen-bond donors (Lipinski definition) is 3. The van der Waals surface area contributed by atoms with Crippen LogP contribution in [0.5, 0.6) is 0 Å². The quantitative estimate of drug-likeness (QED) is 0.729. The molecule has 2 rings (SSSR count). The number of amides is 1. The lowest BCUT2D eigenvalue weighted by Crippen LogP contribution is -2.16. The smallest absolute Gasteiger partial charge is 0.250 e. The minimum Gasteiger partial charge on any atom is -0.399 e. The zero-order chi connectivity index (χ0) is 14.5. The Hall–Kier alpha value is -2.49. The summed E-state index contributed by atoms with van der Waals surface area (Å²) in [5.74, 6) is -0.476. The second kappa shape index (κ2) is 6.10. The predicted octanol–water partition coefficient (Wildman–Crippen LogP) is 2.33. The first-order chi connectivity index (χ1) is 9.58. The van der Waals surface area contributed by atoms with Crippen molar-refractivity contribution in [1.29, 1.82) is 0 Å². The molecule has 0 saturated carbocycles. The number of anilines is 2. The lowest BCUT2D eigenvalue weighted by molar-refractivity contribution is 0.100. The van der Waals surface area contributed by atoms with Crippen molar-refractivity contribution >= 4 is 17.3 Å². The summed E-state index contributed by atoms with van der Waals surface area (Å²) in [6.07, 6.45) is 0.884. The van der Waals surface area contributed by atoms with E-state index in [4.69, 9.17) is 11.5 Å². The minimum absolute atomic E-state index is 0.426. The molecule has 0 aromatic heterocycles. The molecule has 0 radical (unpaired) electrons. The third kappa shape index (κ3) is 3.29. The topological polar surface area (TPSA) is 81.1 Å². The van der Waals surface area contributed by atoms with Gasteiger partial charge in [0.1, 0.15) is 0 Å². The molecule has 0 spiro atoms. The number of carbonyl (C=O) groups excluding carboxylic acids is 1. The Morgan fingerprint density at radius 3 is 2.65 bits per heavy atom. The highest BCUT2D eigenvalue weighted by atomic mass is 16.1. The van der Waals surface area contributed by atoms with E-state index in [2.05, 4.69) is 24.4 Å². The van der Waals surface area contributed by atoms with Crippen LogP contribution in [-0.2, 0) is 6.42 Å². The zero-order valence-corrected chi connectivity index (χ0v) is 11.5. The summed E-state index contributed by atoms with van der Waals surface area (Å²) in [6, 6.07) is 13.4. The number of rotatable bonds is 5. The number of nitrogens with one attached hydrogen (secondary N) is 1. The Kier molecular flexibility index (Phi) is 4.25. The van der Waals surface area contributed by atoms with E-state index in [1.165, 1.54) is 11.1 Å². The predicted molar refractivity (Wildman–Crippen MR) is 82.7 cm³/mol. The van der Waals surface area contributed by atoms with E-state index >= 15 is 0 Å². The molecule has 5 N–H and O–H groups in total. The molecule has 0 aliphatic rings. The number of nitrogens with two attached hydrogens (primary N) is 2. The molecule has 0 saturated heterocycles.